The smallest absolute Gasteiger partial charge is 0.265 e. The van der Waals surface area contributed by atoms with Crippen LogP contribution in [-0.2, 0) is 16.0 Å². The van der Waals surface area contributed by atoms with Crippen molar-refractivity contribution in [3.63, 3.8) is 0 Å². The van der Waals surface area contributed by atoms with Gasteiger partial charge in [-0.2, -0.15) is 13.2 Å². The van der Waals surface area contributed by atoms with E-state index < -0.39 is 21.0 Å². The Kier molecular flexibility index (Phi) is 4.38. The summed E-state index contributed by atoms with van der Waals surface area (Å²) < 4.78 is 62.3. The molecule has 0 fully saturated rings. The first-order valence-electron chi connectivity index (χ1n) is 6.95. The van der Waals surface area contributed by atoms with Gasteiger partial charge in [0, 0.05) is 24.2 Å². The van der Waals surface area contributed by atoms with Crippen LogP contribution >= 0.6 is 11.3 Å². The van der Waals surface area contributed by atoms with Crippen LogP contribution in [0.1, 0.15) is 5.01 Å². The summed E-state index contributed by atoms with van der Waals surface area (Å²) >= 11 is 0.542. The normalized spacial score (nSPS) is 12.3. The molecule has 0 unspecified atom stereocenters. The summed E-state index contributed by atoms with van der Waals surface area (Å²) in [4.78, 5) is 8.05. The number of sulfone groups is 1. The zero-order chi connectivity index (χ0) is 18.2. The number of nitrogens with zero attached hydrogens (tertiary/aromatic N) is 2. The average molecular weight is 384 g/mol. The van der Waals surface area contributed by atoms with Crippen LogP contribution in [0.25, 0.3) is 21.7 Å². The van der Waals surface area contributed by atoms with Gasteiger partial charge in [-0.1, -0.05) is 12.1 Å². The molecular weight excluding hydrogens is 373 g/mol. The van der Waals surface area contributed by atoms with E-state index in [0.29, 0.717) is 27.3 Å². The van der Waals surface area contributed by atoms with E-state index in [9.17, 15) is 21.6 Å². The monoisotopic (exact) mass is 384 g/mol. The molecule has 0 aliphatic rings. The minimum absolute atomic E-state index is 0.0907. The van der Waals surface area contributed by atoms with E-state index in [1.165, 1.54) is 36.7 Å². The summed E-state index contributed by atoms with van der Waals surface area (Å²) in [5.74, 6) is 0. The van der Waals surface area contributed by atoms with Gasteiger partial charge in [0.1, 0.15) is 0 Å². The number of halogens is 3. The molecule has 0 spiro atoms. The van der Waals surface area contributed by atoms with Gasteiger partial charge in [0.25, 0.3) is 0 Å². The van der Waals surface area contributed by atoms with Crippen molar-refractivity contribution in [1.82, 2.24) is 9.97 Å². The fourth-order valence-electron chi connectivity index (χ4n) is 2.20. The lowest BCUT2D eigenvalue weighted by molar-refractivity contribution is -0.137. The van der Waals surface area contributed by atoms with Gasteiger partial charge in [0.2, 0.25) is 0 Å². The van der Waals surface area contributed by atoms with Gasteiger partial charge < -0.3 is 0 Å². The zero-order valence-electron chi connectivity index (χ0n) is 12.8. The van der Waals surface area contributed by atoms with Crippen LogP contribution in [0.3, 0.4) is 0 Å². The number of hydrogen-bond acceptors (Lipinski definition) is 5. The summed E-state index contributed by atoms with van der Waals surface area (Å²) in [7, 11) is -3.39. The largest absolute Gasteiger partial charge is 0.443 e. The molecule has 1 aromatic carbocycles. The number of aromatic nitrogens is 2. The molecule has 0 saturated carbocycles. The highest BCUT2D eigenvalue weighted by Crippen LogP contribution is 2.42. The van der Waals surface area contributed by atoms with Crippen molar-refractivity contribution in [2.45, 2.75) is 11.1 Å². The predicted octanol–water partition coefficient (Wildman–Crippen LogP) is 4.29. The highest BCUT2D eigenvalue weighted by Gasteiger charge is 2.36. The van der Waals surface area contributed by atoms with E-state index in [4.69, 9.17) is 0 Å². The van der Waals surface area contributed by atoms with Gasteiger partial charge in [-0.3, -0.25) is 4.98 Å². The summed E-state index contributed by atoms with van der Waals surface area (Å²) in [6.45, 7) is 0. The van der Waals surface area contributed by atoms with Crippen LogP contribution in [-0.4, -0.2) is 24.6 Å². The van der Waals surface area contributed by atoms with Crippen LogP contribution in [0.15, 0.2) is 53.7 Å². The Morgan fingerprint density at radius 1 is 0.960 bits per heavy atom. The van der Waals surface area contributed by atoms with Crippen molar-refractivity contribution in [3.05, 3.63) is 53.8 Å². The third-order valence-electron chi connectivity index (χ3n) is 3.37. The molecule has 0 aliphatic heterocycles. The van der Waals surface area contributed by atoms with Crippen molar-refractivity contribution in [3.8, 4) is 21.7 Å². The van der Waals surface area contributed by atoms with Crippen molar-refractivity contribution in [2.24, 2.45) is 0 Å². The molecular formula is C16H11F3N2O2S2. The number of pyridine rings is 1. The van der Waals surface area contributed by atoms with Crippen LogP contribution in [0.4, 0.5) is 13.2 Å². The molecule has 2 aromatic heterocycles. The Labute approximate surface area is 145 Å². The average Bonchev–Trinajstić information content (AvgIpc) is 3.00. The summed E-state index contributed by atoms with van der Waals surface area (Å²) in [5.41, 5.74) is 1.12. The van der Waals surface area contributed by atoms with Gasteiger partial charge in [0.15, 0.2) is 14.8 Å². The van der Waals surface area contributed by atoms with Crippen LogP contribution < -0.4 is 0 Å². The number of rotatable bonds is 3. The molecule has 0 atom stereocenters. The van der Waals surface area contributed by atoms with E-state index in [0.717, 1.165) is 6.26 Å². The van der Waals surface area contributed by atoms with E-state index >= 15 is 0 Å². The third-order valence-corrected chi connectivity index (χ3v) is 5.65. The lowest BCUT2D eigenvalue weighted by atomic mass is 10.1. The van der Waals surface area contributed by atoms with E-state index in [1.807, 2.05) is 0 Å². The second-order valence-corrected chi connectivity index (χ2v) is 8.24. The molecule has 2 heterocycles. The zero-order valence-corrected chi connectivity index (χ0v) is 14.4. The molecule has 3 aromatic rings. The highest BCUT2D eigenvalue weighted by atomic mass is 32.2. The van der Waals surface area contributed by atoms with Gasteiger partial charge >= 0.3 is 6.18 Å². The van der Waals surface area contributed by atoms with Gasteiger partial charge in [-0.15, -0.1) is 11.3 Å². The molecule has 0 aliphatic carbocycles. The quantitative estimate of drug-likeness (QED) is 0.676. The van der Waals surface area contributed by atoms with Crippen LogP contribution in [0.2, 0.25) is 0 Å². The highest BCUT2D eigenvalue weighted by molar-refractivity contribution is 7.90. The molecule has 0 bridgehead atoms. The molecule has 130 valence electrons. The molecule has 9 heteroatoms. The minimum atomic E-state index is -4.56. The van der Waals surface area contributed by atoms with Crippen molar-refractivity contribution < 1.29 is 21.6 Å². The van der Waals surface area contributed by atoms with Gasteiger partial charge in [0.05, 0.1) is 15.5 Å². The maximum Gasteiger partial charge on any atom is 0.443 e. The summed E-state index contributed by atoms with van der Waals surface area (Å²) in [6.07, 6.45) is -0.524. The topological polar surface area (TPSA) is 59.9 Å². The Morgan fingerprint density at radius 3 is 2.08 bits per heavy atom. The first kappa shape index (κ1) is 17.6. The fourth-order valence-corrected chi connectivity index (χ4v) is 3.79. The first-order chi connectivity index (χ1) is 11.7. The maximum absolute atomic E-state index is 13.1. The number of alkyl halides is 3. The number of thiazole rings is 1. The summed E-state index contributed by atoms with van der Waals surface area (Å²) in [5, 5.41) is -0.957. The van der Waals surface area contributed by atoms with Crippen molar-refractivity contribution >= 4 is 21.2 Å². The molecule has 25 heavy (non-hydrogen) atoms. The van der Waals surface area contributed by atoms with Gasteiger partial charge in [-0.25, -0.2) is 13.4 Å². The van der Waals surface area contributed by atoms with Crippen molar-refractivity contribution in [1.29, 1.82) is 0 Å². The Bertz CT molecular complexity index is 996. The lowest BCUT2D eigenvalue weighted by Crippen LogP contribution is -2.03. The fraction of sp³-hybridized carbons (Fsp3) is 0.125. The Balaban J connectivity index is 2.16. The van der Waals surface area contributed by atoms with Gasteiger partial charge in [-0.05, 0) is 29.8 Å². The van der Waals surface area contributed by atoms with E-state index in [1.54, 1.807) is 12.1 Å². The standard InChI is InChI=1S/C16H11F3N2O2S2/c1-25(22,23)12-4-2-10(3-5-12)13-14(11-6-8-20-9-7-11)24-15(21-13)16(17,18)19/h2-9H,1H3. The second-order valence-electron chi connectivity index (χ2n) is 5.23. The second kappa shape index (κ2) is 6.23. The maximum atomic E-state index is 13.1. The van der Waals surface area contributed by atoms with E-state index in [2.05, 4.69) is 9.97 Å². The summed E-state index contributed by atoms with van der Waals surface area (Å²) in [6, 6.07) is 8.82. The SMILES string of the molecule is CS(=O)(=O)c1ccc(-c2nc(C(F)(F)F)sc2-c2ccncc2)cc1. The van der Waals surface area contributed by atoms with E-state index in [-0.39, 0.29) is 10.6 Å². The molecule has 0 radical (unpaired) electrons. The lowest BCUT2D eigenvalue weighted by Gasteiger charge is -2.04. The molecule has 3 rings (SSSR count). The molecule has 0 amide bonds. The number of hydrogen-bond donors (Lipinski definition) is 0. The minimum Gasteiger partial charge on any atom is -0.265 e. The van der Waals surface area contributed by atoms with Crippen LogP contribution in [0.5, 0.6) is 0 Å². The third kappa shape index (κ3) is 3.72. The predicted molar refractivity (Wildman–Crippen MR) is 88.9 cm³/mol. The molecule has 4 nitrogen and oxygen atoms in total. The first-order valence-corrected chi connectivity index (χ1v) is 9.66. The number of benzene rings is 1. The Hall–Kier alpha value is -2.26. The van der Waals surface area contributed by atoms with Crippen LogP contribution in [0, 0.1) is 0 Å². The van der Waals surface area contributed by atoms with Crippen molar-refractivity contribution in [2.75, 3.05) is 6.26 Å². The Morgan fingerprint density at radius 2 is 1.56 bits per heavy atom. The molecule has 0 saturated heterocycles. The molecule has 0 N–H and O–H groups in total.